The SMILES string of the molecule is CCCSc1nc2c(cc1C(N)=NO)CCCC2. The molecule has 18 heavy (non-hydrogen) atoms. The van der Waals surface area contributed by atoms with Crippen molar-refractivity contribution in [3.8, 4) is 0 Å². The van der Waals surface area contributed by atoms with Gasteiger partial charge in [0.15, 0.2) is 5.84 Å². The van der Waals surface area contributed by atoms with Gasteiger partial charge in [-0.15, -0.1) is 11.8 Å². The number of amidine groups is 1. The molecule has 0 bridgehead atoms. The molecule has 1 aliphatic carbocycles. The second kappa shape index (κ2) is 6.09. The van der Waals surface area contributed by atoms with Gasteiger partial charge in [0.2, 0.25) is 0 Å². The summed E-state index contributed by atoms with van der Waals surface area (Å²) in [5.74, 6) is 1.16. The molecule has 0 atom stereocenters. The maximum Gasteiger partial charge on any atom is 0.172 e. The number of nitrogens with two attached hydrogens (primary N) is 1. The fraction of sp³-hybridized carbons (Fsp3) is 0.538. The fourth-order valence-electron chi connectivity index (χ4n) is 2.16. The first-order valence-electron chi connectivity index (χ1n) is 6.39. The predicted octanol–water partition coefficient (Wildman–Crippen LogP) is 2.56. The van der Waals surface area contributed by atoms with E-state index in [0.717, 1.165) is 35.6 Å². The minimum Gasteiger partial charge on any atom is -0.409 e. The lowest BCUT2D eigenvalue weighted by molar-refractivity contribution is 0.318. The van der Waals surface area contributed by atoms with Crippen molar-refractivity contribution in [1.29, 1.82) is 0 Å². The van der Waals surface area contributed by atoms with Gasteiger partial charge in [0.25, 0.3) is 0 Å². The predicted molar refractivity (Wildman–Crippen MR) is 74.4 cm³/mol. The van der Waals surface area contributed by atoms with E-state index >= 15 is 0 Å². The minimum absolute atomic E-state index is 0.162. The molecular formula is C13H19N3OS. The molecule has 4 nitrogen and oxygen atoms in total. The van der Waals surface area contributed by atoms with Crippen LogP contribution in [0.1, 0.15) is 43.0 Å². The van der Waals surface area contributed by atoms with Gasteiger partial charge in [0.05, 0.1) is 5.56 Å². The van der Waals surface area contributed by atoms with Crippen molar-refractivity contribution in [1.82, 2.24) is 4.98 Å². The highest BCUT2D eigenvalue weighted by Gasteiger charge is 2.17. The molecular weight excluding hydrogens is 246 g/mol. The van der Waals surface area contributed by atoms with Gasteiger partial charge in [-0.2, -0.15) is 0 Å². The summed E-state index contributed by atoms with van der Waals surface area (Å²) in [7, 11) is 0. The van der Waals surface area contributed by atoms with Crippen molar-refractivity contribution in [2.24, 2.45) is 10.9 Å². The van der Waals surface area contributed by atoms with E-state index in [4.69, 9.17) is 15.9 Å². The van der Waals surface area contributed by atoms with Gasteiger partial charge < -0.3 is 10.9 Å². The first-order chi connectivity index (χ1) is 8.76. The third-order valence-electron chi connectivity index (χ3n) is 3.09. The summed E-state index contributed by atoms with van der Waals surface area (Å²) in [5, 5.41) is 12.9. The van der Waals surface area contributed by atoms with Crippen molar-refractivity contribution in [2.45, 2.75) is 44.1 Å². The Hall–Kier alpha value is -1.23. The Balaban J connectivity index is 2.40. The Morgan fingerprint density at radius 1 is 1.50 bits per heavy atom. The summed E-state index contributed by atoms with van der Waals surface area (Å²) in [6.07, 6.45) is 5.59. The number of pyridine rings is 1. The van der Waals surface area contributed by atoms with Crippen LogP contribution < -0.4 is 5.73 Å². The van der Waals surface area contributed by atoms with Gasteiger partial charge >= 0.3 is 0 Å². The number of thioether (sulfide) groups is 1. The van der Waals surface area contributed by atoms with Crippen molar-refractivity contribution in [2.75, 3.05) is 5.75 Å². The lowest BCUT2D eigenvalue weighted by Crippen LogP contribution is -2.18. The van der Waals surface area contributed by atoms with Crippen LogP contribution in [0.4, 0.5) is 0 Å². The van der Waals surface area contributed by atoms with E-state index < -0.39 is 0 Å². The first-order valence-corrected chi connectivity index (χ1v) is 7.38. The van der Waals surface area contributed by atoms with Crippen LogP contribution in [0.5, 0.6) is 0 Å². The van der Waals surface area contributed by atoms with Gasteiger partial charge in [-0.1, -0.05) is 12.1 Å². The average Bonchev–Trinajstić information content (AvgIpc) is 2.43. The largest absolute Gasteiger partial charge is 0.409 e. The molecule has 0 aliphatic heterocycles. The molecule has 1 heterocycles. The number of aryl methyl sites for hydroxylation is 2. The molecule has 98 valence electrons. The van der Waals surface area contributed by atoms with E-state index in [1.165, 1.54) is 24.1 Å². The number of hydrogen-bond acceptors (Lipinski definition) is 4. The third-order valence-corrected chi connectivity index (χ3v) is 4.29. The maximum atomic E-state index is 8.87. The number of aromatic nitrogens is 1. The number of nitrogens with zero attached hydrogens (tertiary/aromatic N) is 2. The van der Waals surface area contributed by atoms with Crippen LogP contribution in [-0.4, -0.2) is 21.8 Å². The van der Waals surface area contributed by atoms with Crippen LogP contribution in [0.15, 0.2) is 16.2 Å². The number of fused-ring (bicyclic) bond motifs is 1. The van der Waals surface area contributed by atoms with Gasteiger partial charge in [-0.25, -0.2) is 4.98 Å². The van der Waals surface area contributed by atoms with E-state index in [0.29, 0.717) is 0 Å². The minimum atomic E-state index is 0.162. The quantitative estimate of drug-likeness (QED) is 0.288. The second-order valence-corrected chi connectivity index (χ2v) is 5.57. The molecule has 0 saturated heterocycles. The molecule has 1 aliphatic rings. The van der Waals surface area contributed by atoms with E-state index in [9.17, 15) is 0 Å². The third kappa shape index (κ3) is 2.77. The Kier molecular flexibility index (Phi) is 4.47. The Bertz CT molecular complexity index is 460. The molecule has 0 unspecified atom stereocenters. The van der Waals surface area contributed by atoms with E-state index in [2.05, 4.69) is 18.1 Å². The Morgan fingerprint density at radius 3 is 3.00 bits per heavy atom. The summed E-state index contributed by atoms with van der Waals surface area (Å²) in [5.41, 5.74) is 8.96. The molecule has 3 N–H and O–H groups in total. The summed E-state index contributed by atoms with van der Waals surface area (Å²) in [4.78, 5) is 4.71. The van der Waals surface area contributed by atoms with Crippen LogP contribution in [0, 0.1) is 0 Å². The fourth-order valence-corrected chi connectivity index (χ4v) is 3.05. The van der Waals surface area contributed by atoms with Crippen LogP contribution in [-0.2, 0) is 12.8 Å². The van der Waals surface area contributed by atoms with Gasteiger partial charge in [-0.3, -0.25) is 0 Å². The van der Waals surface area contributed by atoms with Gasteiger partial charge in [0, 0.05) is 5.69 Å². The molecule has 0 fully saturated rings. The molecule has 1 aromatic heterocycles. The lowest BCUT2D eigenvalue weighted by atomic mass is 9.95. The zero-order valence-electron chi connectivity index (χ0n) is 10.6. The average molecular weight is 265 g/mol. The highest BCUT2D eigenvalue weighted by atomic mass is 32.2. The molecule has 0 spiro atoms. The summed E-state index contributed by atoms with van der Waals surface area (Å²) in [6.45, 7) is 2.13. The Labute approximate surface area is 112 Å². The van der Waals surface area contributed by atoms with Crippen molar-refractivity contribution in [3.63, 3.8) is 0 Å². The van der Waals surface area contributed by atoms with Gasteiger partial charge in [-0.05, 0) is 49.5 Å². The maximum absolute atomic E-state index is 8.87. The van der Waals surface area contributed by atoms with Crippen molar-refractivity contribution >= 4 is 17.6 Å². The second-order valence-electron chi connectivity index (χ2n) is 4.49. The van der Waals surface area contributed by atoms with Crippen molar-refractivity contribution < 1.29 is 5.21 Å². The topological polar surface area (TPSA) is 71.5 Å². The molecule has 0 aromatic carbocycles. The standard InChI is InChI=1S/C13H19N3OS/c1-2-7-18-13-10(12(14)16-17)8-9-5-3-4-6-11(9)15-13/h8,17H,2-7H2,1H3,(H2,14,16). The van der Waals surface area contributed by atoms with Crippen LogP contribution in [0.2, 0.25) is 0 Å². The monoisotopic (exact) mass is 265 g/mol. The lowest BCUT2D eigenvalue weighted by Gasteiger charge is -2.18. The zero-order chi connectivity index (χ0) is 13.0. The molecule has 0 radical (unpaired) electrons. The normalized spacial score (nSPS) is 15.5. The van der Waals surface area contributed by atoms with Crippen LogP contribution in [0.3, 0.4) is 0 Å². The summed E-state index contributed by atoms with van der Waals surface area (Å²) < 4.78 is 0. The molecule has 0 saturated carbocycles. The first kappa shape index (κ1) is 13.2. The highest BCUT2D eigenvalue weighted by molar-refractivity contribution is 7.99. The molecule has 5 heteroatoms. The van der Waals surface area contributed by atoms with E-state index in [-0.39, 0.29) is 5.84 Å². The summed E-state index contributed by atoms with van der Waals surface area (Å²) >= 11 is 1.68. The van der Waals surface area contributed by atoms with Crippen LogP contribution >= 0.6 is 11.8 Å². The molecule has 2 rings (SSSR count). The molecule has 0 amide bonds. The van der Waals surface area contributed by atoms with Crippen LogP contribution in [0.25, 0.3) is 0 Å². The molecule has 1 aromatic rings. The Morgan fingerprint density at radius 2 is 2.28 bits per heavy atom. The zero-order valence-corrected chi connectivity index (χ0v) is 11.5. The van der Waals surface area contributed by atoms with Gasteiger partial charge in [0.1, 0.15) is 5.03 Å². The summed E-state index contributed by atoms with van der Waals surface area (Å²) in [6, 6.07) is 2.05. The van der Waals surface area contributed by atoms with E-state index in [1.807, 2.05) is 0 Å². The smallest absolute Gasteiger partial charge is 0.172 e. The van der Waals surface area contributed by atoms with Crippen molar-refractivity contribution in [3.05, 3.63) is 22.9 Å². The van der Waals surface area contributed by atoms with E-state index in [1.54, 1.807) is 11.8 Å². The number of hydrogen-bond donors (Lipinski definition) is 2. The number of oxime groups is 1. The number of rotatable bonds is 4. The highest BCUT2D eigenvalue weighted by Crippen LogP contribution is 2.27.